The van der Waals surface area contributed by atoms with E-state index < -0.39 is 0 Å². The number of aliphatic hydroxyl groups excluding tert-OH is 1. The van der Waals surface area contributed by atoms with Gasteiger partial charge in [0.05, 0.1) is 5.69 Å². The number of nitrogens with zero attached hydrogens (tertiary/aromatic N) is 2. The highest BCUT2D eigenvalue weighted by molar-refractivity contribution is 5.74. The van der Waals surface area contributed by atoms with Crippen molar-refractivity contribution in [1.82, 2.24) is 15.4 Å². The van der Waals surface area contributed by atoms with E-state index in [4.69, 9.17) is 4.52 Å². The first-order valence-electron chi connectivity index (χ1n) is 8.49. The van der Waals surface area contributed by atoms with Gasteiger partial charge in [0.15, 0.2) is 0 Å². The van der Waals surface area contributed by atoms with E-state index in [1.54, 1.807) is 0 Å². The second-order valence-corrected chi connectivity index (χ2v) is 6.86. The number of nitrogens with one attached hydrogen (secondary N) is 1. The average Bonchev–Trinajstić information content (AvgIpc) is 2.86. The Morgan fingerprint density at radius 2 is 2.09 bits per heavy atom. The van der Waals surface area contributed by atoms with Crippen LogP contribution in [0, 0.1) is 19.3 Å². The van der Waals surface area contributed by atoms with Crippen molar-refractivity contribution in [3.63, 3.8) is 0 Å². The monoisotopic (exact) mass is 323 g/mol. The molecule has 2 amide bonds. The SMILES string of the molecule is CCC1(CO)CCN(C(=O)NC(C)Cc2c(C)noc2C)CC1. The van der Waals surface area contributed by atoms with Gasteiger partial charge in [-0.3, -0.25) is 0 Å². The fraction of sp³-hybridized carbons (Fsp3) is 0.765. The molecule has 2 heterocycles. The number of rotatable bonds is 5. The van der Waals surface area contributed by atoms with Crippen LogP contribution in [0.3, 0.4) is 0 Å². The van der Waals surface area contributed by atoms with Gasteiger partial charge < -0.3 is 19.8 Å². The van der Waals surface area contributed by atoms with Gasteiger partial charge in [-0.15, -0.1) is 0 Å². The lowest BCUT2D eigenvalue weighted by Crippen LogP contribution is -2.50. The van der Waals surface area contributed by atoms with Crippen LogP contribution in [0.5, 0.6) is 0 Å². The van der Waals surface area contributed by atoms with Crippen LogP contribution in [0.15, 0.2) is 4.52 Å². The first kappa shape index (κ1) is 17.8. The normalized spacial score (nSPS) is 18.7. The van der Waals surface area contributed by atoms with Gasteiger partial charge in [-0.05, 0) is 51.9 Å². The molecule has 1 aromatic heterocycles. The highest BCUT2D eigenvalue weighted by Crippen LogP contribution is 2.34. The van der Waals surface area contributed by atoms with Crippen molar-refractivity contribution >= 4 is 6.03 Å². The van der Waals surface area contributed by atoms with E-state index in [2.05, 4.69) is 17.4 Å². The highest BCUT2D eigenvalue weighted by atomic mass is 16.5. The number of aliphatic hydroxyl groups is 1. The molecule has 0 bridgehead atoms. The maximum atomic E-state index is 12.4. The third kappa shape index (κ3) is 4.05. The van der Waals surface area contributed by atoms with E-state index in [1.165, 1.54) is 0 Å². The van der Waals surface area contributed by atoms with Crippen LogP contribution in [-0.2, 0) is 6.42 Å². The number of hydrogen-bond donors (Lipinski definition) is 2. The first-order valence-corrected chi connectivity index (χ1v) is 8.49. The summed E-state index contributed by atoms with van der Waals surface area (Å²) in [5.74, 6) is 0.817. The van der Waals surface area contributed by atoms with Gasteiger partial charge in [-0.2, -0.15) is 0 Å². The quantitative estimate of drug-likeness (QED) is 0.872. The molecule has 0 saturated carbocycles. The molecule has 1 unspecified atom stereocenters. The summed E-state index contributed by atoms with van der Waals surface area (Å²) in [5, 5.41) is 16.6. The van der Waals surface area contributed by atoms with Gasteiger partial charge >= 0.3 is 6.03 Å². The summed E-state index contributed by atoms with van der Waals surface area (Å²) < 4.78 is 5.17. The largest absolute Gasteiger partial charge is 0.396 e. The molecular formula is C17H29N3O3. The second kappa shape index (κ2) is 7.34. The Kier molecular flexibility index (Phi) is 5.68. The zero-order chi connectivity index (χ0) is 17.0. The predicted octanol–water partition coefficient (Wildman–Crippen LogP) is 2.42. The number of carbonyl (C=O) groups is 1. The number of aryl methyl sites for hydroxylation is 2. The Bertz CT molecular complexity index is 508. The second-order valence-electron chi connectivity index (χ2n) is 6.86. The van der Waals surface area contributed by atoms with Crippen molar-refractivity contribution in [2.75, 3.05) is 19.7 Å². The Balaban J connectivity index is 1.85. The average molecular weight is 323 g/mol. The van der Waals surface area contributed by atoms with Crippen molar-refractivity contribution in [2.24, 2.45) is 5.41 Å². The van der Waals surface area contributed by atoms with Crippen LogP contribution in [0.25, 0.3) is 0 Å². The number of piperidine rings is 1. The van der Waals surface area contributed by atoms with Crippen molar-refractivity contribution < 1.29 is 14.4 Å². The summed E-state index contributed by atoms with van der Waals surface area (Å²) in [4.78, 5) is 14.3. The standard InChI is InChI=1S/C17H29N3O3/c1-5-17(11-21)6-8-20(9-7-17)16(22)18-12(2)10-15-13(3)19-23-14(15)4/h12,21H,5-11H2,1-4H3,(H,18,22). The third-order valence-electron chi connectivity index (χ3n) is 5.26. The van der Waals surface area contributed by atoms with E-state index in [1.807, 2.05) is 25.7 Å². The molecule has 1 atom stereocenters. The van der Waals surface area contributed by atoms with E-state index in [-0.39, 0.29) is 24.1 Å². The van der Waals surface area contributed by atoms with Crippen LogP contribution in [0.1, 0.15) is 50.1 Å². The fourth-order valence-corrected chi connectivity index (χ4v) is 3.26. The summed E-state index contributed by atoms with van der Waals surface area (Å²) in [6, 6.07) is 0.00176. The first-order chi connectivity index (χ1) is 10.9. The molecule has 1 aliphatic heterocycles. The summed E-state index contributed by atoms with van der Waals surface area (Å²) in [6.45, 7) is 9.55. The van der Waals surface area contributed by atoms with Crippen LogP contribution in [0.4, 0.5) is 4.79 Å². The van der Waals surface area contributed by atoms with Gasteiger partial charge in [0.1, 0.15) is 5.76 Å². The van der Waals surface area contributed by atoms with Gasteiger partial charge in [0.25, 0.3) is 0 Å². The number of carbonyl (C=O) groups excluding carboxylic acids is 1. The molecule has 1 aromatic rings. The Hall–Kier alpha value is -1.56. The number of hydrogen-bond acceptors (Lipinski definition) is 4. The third-order valence-corrected chi connectivity index (χ3v) is 5.26. The van der Waals surface area contributed by atoms with Crippen molar-refractivity contribution in [2.45, 2.75) is 59.4 Å². The van der Waals surface area contributed by atoms with Crippen LogP contribution < -0.4 is 5.32 Å². The summed E-state index contributed by atoms with van der Waals surface area (Å²) in [7, 11) is 0. The molecule has 1 saturated heterocycles. The molecule has 23 heavy (non-hydrogen) atoms. The molecular weight excluding hydrogens is 294 g/mol. The van der Waals surface area contributed by atoms with E-state index in [0.29, 0.717) is 13.1 Å². The lowest BCUT2D eigenvalue weighted by Gasteiger charge is -2.40. The van der Waals surface area contributed by atoms with E-state index in [0.717, 1.165) is 42.7 Å². The molecule has 0 spiro atoms. The minimum atomic E-state index is -0.0214. The number of urea groups is 1. The molecule has 1 fully saturated rings. The van der Waals surface area contributed by atoms with Crippen molar-refractivity contribution in [3.05, 3.63) is 17.0 Å². The van der Waals surface area contributed by atoms with Crippen LogP contribution in [0.2, 0.25) is 0 Å². The lowest BCUT2D eigenvalue weighted by molar-refractivity contribution is 0.0516. The topological polar surface area (TPSA) is 78.6 Å². The van der Waals surface area contributed by atoms with Crippen LogP contribution >= 0.6 is 0 Å². The number of likely N-dealkylation sites (tertiary alicyclic amines) is 1. The minimum Gasteiger partial charge on any atom is -0.396 e. The Labute approximate surface area is 138 Å². The molecule has 130 valence electrons. The molecule has 6 nitrogen and oxygen atoms in total. The molecule has 0 radical (unpaired) electrons. The van der Waals surface area contributed by atoms with Gasteiger partial charge in [-0.25, -0.2) is 4.79 Å². The smallest absolute Gasteiger partial charge is 0.317 e. The molecule has 2 N–H and O–H groups in total. The lowest BCUT2D eigenvalue weighted by atomic mass is 9.77. The number of amides is 2. The summed E-state index contributed by atoms with van der Waals surface area (Å²) >= 11 is 0. The predicted molar refractivity (Wildman–Crippen MR) is 88.3 cm³/mol. The van der Waals surface area contributed by atoms with Crippen LogP contribution in [-0.4, -0.2) is 46.9 Å². The highest BCUT2D eigenvalue weighted by Gasteiger charge is 2.34. The van der Waals surface area contributed by atoms with Gasteiger partial charge in [0.2, 0.25) is 0 Å². The molecule has 2 rings (SSSR count). The summed E-state index contributed by atoms with van der Waals surface area (Å²) in [6.07, 6.45) is 3.41. The fourth-order valence-electron chi connectivity index (χ4n) is 3.26. The molecule has 0 aromatic carbocycles. The Morgan fingerprint density at radius 1 is 1.43 bits per heavy atom. The minimum absolute atomic E-state index is 0.000910. The molecule has 0 aliphatic carbocycles. The summed E-state index contributed by atoms with van der Waals surface area (Å²) in [5.41, 5.74) is 1.96. The Morgan fingerprint density at radius 3 is 2.57 bits per heavy atom. The van der Waals surface area contributed by atoms with Crippen molar-refractivity contribution in [3.8, 4) is 0 Å². The van der Waals surface area contributed by atoms with Gasteiger partial charge in [-0.1, -0.05) is 12.1 Å². The van der Waals surface area contributed by atoms with Crippen molar-refractivity contribution in [1.29, 1.82) is 0 Å². The molecule has 1 aliphatic rings. The number of aromatic nitrogens is 1. The molecule has 6 heteroatoms. The van der Waals surface area contributed by atoms with E-state index >= 15 is 0 Å². The maximum Gasteiger partial charge on any atom is 0.317 e. The zero-order valence-electron chi connectivity index (χ0n) is 14.7. The maximum absolute atomic E-state index is 12.4. The van der Waals surface area contributed by atoms with E-state index in [9.17, 15) is 9.90 Å². The van der Waals surface area contributed by atoms with Gasteiger partial charge in [0, 0.05) is 31.3 Å². The zero-order valence-corrected chi connectivity index (χ0v) is 14.7.